The van der Waals surface area contributed by atoms with Gasteiger partial charge in [0.15, 0.2) is 0 Å². The molecule has 0 fully saturated rings. The molecule has 0 saturated heterocycles. The van der Waals surface area contributed by atoms with Crippen LogP contribution in [0.1, 0.15) is 23.7 Å². The van der Waals surface area contributed by atoms with Gasteiger partial charge >= 0.3 is 0 Å². The molecule has 6 heteroatoms. The minimum absolute atomic E-state index is 0.0705. The number of hydrogen-bond donors (Lipinski definition) is 3. The molecule has 116 valence electrons. The van der Waals surface area contributed by atoms with E-state index in [1.54, 1.807) is 31.4 Å². The van der Waals surface area contributed by atoms with Gasteiger partial charge in [-0.25, -0.2) is 0 Å². The molecule has 0 aliphatic rings. The quantitative estimate of drug-likeness (QED) is 0.594. The summed E-state index contributed by atoms with van der Waals surface area (Å²) in [5, 5.41) is 8.53. The van der Waals surface area contributed by atoms with Gasteiger partial charge in [0.2, 0.25) is 5.91 Å². The van der Waals surface area contributed by atoms with Crippen LogP contribution in [0.3, 0.4) is 0 Å². The van der Waals surface area contributed by atoms with Gasteiger partial charge in [-0.15, -0.1) is 0 Å². The second-order valence-electron chi connectivity index (χ2n) is 4.49. The fourth-order valence-corrected chi connectivity index (χ4v) is 1.69. The molecule has 1 aromatic carbocycles. The molecule has 0 aromatic heterocycles. The largest absolute Gasteiger partial charge is 0.385 e. The number of carbonyl (C=O) groups excluding carboxylic acids is 2. The summed E-state index contributed by atoms with van der Waals surface area (Å²) >= 11 is 0. The summed E-state index contributed by atoms with van der Waals surface area (Å²) in [6.07, 6.45) is 0.795. The maximum absolute atomic E-state index is 11.6. The summed E-state index contributed by atoms with van der Waals surface area (Å²) < 4.78 is 4.90. The Kier molecular flexibility index (Phi) is 7.89. The van der Waals surface area contributed by atoms with Crippen LogP contribution in [0, 0.1) is 0 Å². The number of rotatable bonds is 9. The fourth-order valence-electron chi connectivity index (χ4n) is 1.69. The van der Waals surface area contributed by atoms with Crippen LogP contribution in [-0.4, -0.2) is 45.2 Å². The predicted molar refractivity (Wildman–Crippen MR) is 82.4 cm³/mol. The highest BCUT2D eigenvalue weighted by molar-refractivity contribution is 5.94. The third-order valence-corrected chi connectivity index (χ3v) is 2.78. The first-order valence-electron chi connectivity index (χ1n) is 7.05. The molecule has 3 N–H and O–H groups in total. The van der Waals surface area contributed by atoms with Crippen molar-refractivity contribution < 1.29 is 14.3 Å². The van der Waals surface area contributed by atoms with E-state index in [1.807, 2.05) is 6.92 Å². The van der Waals surface area contributed by atoms with Crippen LogP contribution in [0.2, 0.25) is 0 Å². The zero-order chi connectivity index (χ0) is 15.5. The molecule has 0 radical (unpaired) electrons. The Morgan fingerprint density at radius 2 is 1.86 bits per heavy atom. The number of carbonyl (C=O) groups is 2. The molecule has 1 rings (SSSR count). The van der Waals surface area contributed by atoms with Crippen molar-refractivity contribution >= 4 is 17.5 Å². The molecule has 21 heavy (non-hydrogen) atoms. The smallest absolute Gasteiger partial charge is 0.251 e. The molecule has 0 unspecified atom stereocenters. The third kappa shape index (κ3) is 6.76. The normalized spacial score (nSPS) is 10.0. The third-order valence-electron chi connectivity index (χ3n) is 2.78. The van der Waals surface area contributed by atoms with E-state index in [2.05, 4.69) is 16.0 Å². The standard InChI is InChI=1S/C15H23N3O3/c1-3-16-15(20)12-5-7-13(8-6-12)18-11-14(19)17-9-4-10-21-2/h5-8,18H,3-4,9-11H2,1-2H3,(H,16,20)(H,17,19). The van der Waals surface area contributed by atoms with E-state index in [4.69, 9.17) is 4.74 Å². The number of benzene rings is 1. The van der Waals surface area contributed by atoms with E-state index in [0.29, 0.717) is 25.3 Å². The molecule has 0 bridgehead atoms. The Hall–Kier alpha value is -2.08. The minimum atomic E-state index is -0.0973. The summed E-state index contributed by atoms with van der Waals surface area (Å²) in [7, 11) is 1.63. The molecule has 1 aromatic rings. The lowest BCUT2D eigenvalue weighted by molar-refractivity contribution is -0.119. The van der Waals surface area contributed by atoms with Gasteiger partial charge in [-0.2, -0.15) is 0 Å². The molecule has 0 aliphatic heterocycles. The van der Waals surface area contributed by atoms with Gasteiger partial charge in [0.25, 0.3) is 5.91 Å². The zero-order valence-corrected chi connectivity index (χ0v) is 12.6. The maximum atomic E-state index is 11.6. The molecule has 0 saturated carbocycles. The average molecular weight is 293 g/mol. The predicted octanol–water partition coefficient (Wildman–Crippen LogP) is 1.00. The van der Waals surface area contributed by atoms with Gasteiger partial charge < -0.3 is 20.7 Å². The summed E-state index contributed by atoms with van der Waals surface area (Å²) in [6.45, 7) is 3.91. The Balaban J connectivity index is 2.32. The number of nitrogens with one attached hydrogen (secondary N) is 3. The number of anilines is 1. The Morgan fingerprint density at radius 1 is 1.14 bits per heavy atom. The SMILES string of the molecule is CCNC(=O)c1ccc(NCC(=O)NCCCOC)cc1. The molecule has 0 spiro atoms. The molecule has 0 heterocycles. The van der Waals surface area contributed by atoms with E-state index in [1.165, 1.54) is 0 Å². The van der Waals surface area contributed by atoms with Crippen LogP contribution in [0.5, 0.6) is 0 Å². The summed E-state index contributed by atoms with van der Waals surface area (Å²) in [5.41, 5.74) is 1.40. The highest BCUT2D eigenvalue weighted by atomic mass is 16.5. The first kappa shape index (κ1) is 17.0. The van der Waals surface area contributed by atoms with Gasteiger partial charge in [-0.05, 0) is 37.6 Å². The van der Waals surface area contributed by atoms with E-state index in [9.17, 15) is 9.59 Å². The van der Waals surface area contributed by atoms with E-state index < -0.39 is 0 Å². The molecule has 2 amide bonds. The van der Waals surface area contributed by atoms with Crippen molar-refractivity contribution in [2.75, 3.05) is 38.7 Å². The topological polar surface area (TPSA) is 79.5 Å². The lowest BCUT2D eigenvalue weighted by Gasteiger charge is -2.08. The second-order valence-corrected chi connectivity index (χ2v) is 4.49. The van der Waals surface area contributed by atoms with Crippen LogP contribution in [0.25, 0.3) is 0 Å². The number of ether oxygens (including phenoxy) is 1. The van der Waals surface area contributed by atoms with Crippen molar-refractivity contribution in [1.29, 1.82) is 0 Å². The summed E-state index contributed by atoms with van der Waals surface area (Å²) in [5.74, 6) is -0.168. The van der Waals surface area contributed by atoms with Gasteiger partial charge in [0.1, 0.15) is 0 Å². The Labute approximate surface area is 125 Å². The van der Waals surface area contributed by atoms with Crippen LogP contribution in [0.4, 0.5) is 5.69 Å². The molecule has 6 nitrogen and oxygen atoms in total. The van der Waals surface area contributed by atoms with Crippen molar-refractivity contribution in [3.8, 4) is 0 Å². The lowest BCUT2D eigenvalue weighted by atomic mass is 10.2. The fraction of sp³-hybridized carbons (Fsp3) is 0.467. The highest BCUT2D eigenvalue weighted by Crippen LogP contribution is 2.09. The van der Waals surface area contributed by atoms with E-state index >= 15 is 0 Å². The second kappa shape index (κ2) is 9.77. The minimum Gasteiger partial charge on any atom is -0.385 e. The van der Waals surface area contributed by atoms with Crippen molar-refractivity contribution in [2.45, 2.75) is 13.3 Å². The van der Waals surface area contributed by atoms with Crippen molar-refractivity contribution in [1.82, 2.24) is 10.6 Å². The first-order valence-corrected chi connectivity index (χ1v) is 7.05. The number of hydrogen-bond acceptors (Lipinski definition) is 4. The van der Waals surface area contributed by atoms with E-state index in [-0.39, 0.29) is 18.4 Å². The van der Waals surface area contributed by atoms with Crippen LogP contribution < -0.4 is 16.0 Å². The van der Waals surface area contributed by atoms with Crippen LogP contribution in [-0.2, 0) is 9.53 Å². The Morgan fingerprint density at radius 3 is 2.48 bits per heavy atom. The van der Waals surface area contributed by atoms with Crippen molar-refractivity contribution in [3.05, 3.63) is 29.8 Å². The number of amides is 2. The van der Waals surface area contributed by atoms with Crippen molar-refractivity contribution in [2.24, 2.45) is 0 Å². The molecule has 0 atom stereocenters. The number of methoxy groups -OCH3 is 1. The van der Waals surface area contributed by atoms with E-state index in [0.717, 1.165) is 12.1 Å². The first-order chi connectivity index (χ1) is 10.2. The monoisotopic (exact) mass is 293 g/mol. The average Bonchev–Trinajstić information content (AvgIpc) is 2.50. The van der Waals surface area contributed by atoms with Gasteiger partial charge in [0.05, 0.1) is 6.54 Å². The van der Waals surface area contributed by atoms with Gasteiger partial charge in [-0.1, -0.05) is 0 Å². The molecular weight excluding hydrogens is 270 g/mol. The zero-order valence-electron chi connectivity index (χ0n) is 12.6. The maximum Gasteiger partial charge on any atom is 0.251 e. The highest BCUT2D eigenvalue weighted by Gasteiger charge is 2.04. The van der Waals surface area contributed by atoms with Crippen LogP contribution >= 0.6 is 0 Å². The van der Waals surface area contributed by atoms with Crippen molar-refractivity contribution in [3.63, 3.8) is 0 Å². The lowest BCUT2D eigenvalue weighted by Crippen LogP contribution is -2.31. The van der Waals surface area contributed by atoms with Crippen LogP contribution in [0.15, 0.2) is 24.3 Å². The molecular formula is C15H23N3O3. The summed E-state index contributed by atoms with van der Waals surface area (Å²) in [6, 6.07) is 7.01. The Bertz CT molecular complexity index is 446. The van der Waals surface area contributed by atoms with Gasteiger partial charge in [-0.3, -0.25) is 9.59 Å². The van der Waals surface area contributed by atoms with Gasteiger partial charge in [0, 0.05) is 38.1 Å². The summed E-state index contributed by atoms with van der Waals surface area (Å²) in [4.78, 5) is 23.1. The molecule has 0 aliphatic carbocycles.